The van der Waals surface area contributed by atoms with Gasteiger partial charge in [0.25, 0.3) is 6.10 Å². The largest absolute Gasteiger partial charge is 0.491 e. The Morgan fingerprint density at radius 3 is 2.14 bits per heavy atom. The molecule has 36 heavy (non-hydrogen) atoms. The van der Waals surface area contributed by atoms with Gasteiger partial charge in [-0.15, -0.1) is 0 Å². The van der Waals surface area contributed by atoms with Crippen molar-refractivity contribution in [2.45, 2.75) is 37.8 Å². The van der Waals surface area contributed by atoms with E-state index >= 15 is 0 Å². The number of benzene rings is 1. The van der Waals surface area contributed by atoms with E-state index in [1.165, 1.54) is 0 Å². The third kappa shape index (κ3) is 6.28. The standard InChI is InChI=1S/C21H20F7N3O5/c22-14-7-12(9-29)15(35-11-19(1-2-19)17(32)33)13(8-14)10-30-3-5-31(6-4-30)18(34)36-16(20(23,24)25)21(26,27)28/h7-8,16H,1-6,10-11H2,(H,32,33). The lowest BCUT2D eigenvalue weighted by Crippen LogP contribution is -2.52. The van der Waals surface area contributed by atoms with Crippen LogP contribution in [-0.2, 0) is 16.1 Å². The molecule has 0 bridgehead atoms. The van der Waals surface area contributed by atoms with Gasteiger partial charge in [0.05, 0.1) is 5.56 Å². The molecule has 2 fully saturated rings. The molecule has 15 heteroatoms. The van der Waals surface area contributed by atoms with Crippen molar-refractivity contribution in [2.24, 2.45) is 5.41 Å². The van der Waals surface area contributed by atoms with Gasteiger partial charge in [-0.05, 0) is 25.0 Å². The van der Waals surface area contributed by atoms with Crippen LogP contribution in [0.5, 0.6) is 5.75 Å². The lowest BCUT2D eigenvalue weighted by molar-refractivity contribution is -0.308. The predicted octanol–water partition coefficient (Wildman–Crippen LogP) is 3.69. The number of hydrogen-bond donors (Lipinski definition) is 1. The fraction of sp³-hybridized carbons (Fsp3) is 0.571. The number of amides is 1. The normalized spacial score (nSPS) is 18.0. The van der Waals surface area contributed by atoms with Crippen molar-refractivity contribution in [3.05, 3.63) is 29.1 Å². The number of carbonyl (C=O) groups is 2. The van der Waals surface area contributed by atoms with Gasteiger partial charge in [-0.1, -0.05) is 0 Å². The summed E-state index contributed by atoms with van der Waals surface area (Å²) in [4.78, 5) is 25.6. The summed E-state index contributed by atoms with van der Waals surface area (Å²) in [7, 11) is 0. The molecule has 8 nitrogen and oxygen atoms in total. The van der Waals surface area contributed by atoms with E-state index < -0.39 is 41.8 Å². The lowest BCUT2D eigenvalue weighted by atomic mass is 10.1. The number of halogens is 7. The fourth-order valence-corrected chi connectivity index (χ4v) is 3.63. The molecule has 3 rings (SSSR count). The van der Waals surface area contributed by atoms with Crippen LogP contribution in [0.4, 0.5) is 35.5 Å². The van der Waals surface area contributed by atoms with E-state index in [0.717, 1.165) is 12.1 Å². The van der Waals surface area contributed by atoms with Crippen LogP contribution in [0, 0.1) is 22.6 Å². The highest BCUT2D eigenvalue weighted by molar-refractivity contribution is 5.78. The highest BCUT2D eigenvalue weighted by atomic mass is 19.4. The lowest BCUT2D eigenvalue weighted by Gasteiger charge is -2.35. The summed E-state index contributed by atoms with van der Waals surface area (Å²) in [6.07, 6.45) is -16.9. The number of alkyl halides is 6. The van der Waals surface area contributed by atoms with Crippen LogP contribution >= 0.6 is 0 Å². The Labute approximate surface area is 199 Å². The van der Waals surface area contributed by atoms with E-state index in [2.05, 4.69) is 4.74 Å². The van der Waals surface area contributed by atoms with Gasteiger partial charge in [0.15, 0.2) is 0 Å². The van der Waals surface area contributed by atoms with Gasteiger partial charge in [-0.3, -0.25) is 9.69 Å². The first-order valence-electron chi connectivity index (χ1n) is 10.6. The van der Waals surface area contributed by atoms with Crippen LogP contribution in [0.2, 0.25) is 0 Å². The van der Waals surface area contributed by atoms with Crippen molar-refractivity contribution in [1.29, 1.82) is 5.26 Å². The van der Waals surface area contributed by atoms with Gasteiger partial charge in [0, 0.05) is 38.3 Å². The van der Waals surface area contributed by atoms with Crippen molar-refractivity contribution < 1.29 is 54.9 Å². The number of rotatable bonds is 7. The summed E-state index contributed by atoms with van der Waals surface area (Å²) >= 11 is 0. The molecule has 1 aliphatic carbocycles. The zero-order valence-electron chi connectivity index (χ0n) is 18.5. The summed E-state index contributed by atoms with van der Waals surface area (Å²) in [6.45, 7) is -0.878. The Hall–Kier alpha value is -3.28. The molecule has 0 aromatic heterocycles. The van der Waals surface area contributed by atoms with Gasteiger partial charge in [0.2, 0.25) is 0 Å². The van der Waals surface area contributed by atoms with Crippen molar-refractivity contribution >= 4 is 12.1 Å². The predicted molar refractivity (Wildman–Crippen MR) is 105 cm³/mol. The van der Waals surface area contributed by atoms with Crippen LogP contribution < -0.4 is 4.74 Å². The molecular formula is C21H20F7N3O5. The van der Waals surface area contributed by atoms with Crippen molar-refractivity contribution in [3.8, 4) is 11.8 Å². The first-order valence-corrected chi connectivity index (χ1v) is 10.6. The van der Waals surface area contributed by atoms with Crippen LogP contribution in [0.25, 0.3) is 0 Å². The molecule has 1 heterocycles. The topological polar surface area (TPSA) is 103 Å². The third-order valence-corrected chi connectivity index (χ3v) is 5.89. The van der Waals surface area contributed by atoms with E-state index in [-0.39, 0.29) is 56.2 Å². The molecule has 1 aliphatic heterocycles. The van der Waals surface area contributed by atoms with Crippen LogP contribution in [0.3, 0.4) is 0 Å². The molecule has 1 amide bonds. The van der Waals surface area contributed by atoms with Gasteiger partial charge >= 0.3 is 24.4 Å². The maximum Gasteiger partial charge on any atom is 0.434 e. The average Bonchev–Trinajstić information content (AvgIpc) is 3.56. The van der Waals surface area contributed by atoms with Gasteiger partial charge < -0.3 is 19.5 Å². The van der Waals surface area contributed by atoms with E-state index in [4.69, 9.17) is 4.74 Å². The van der Waals surface area contributed by atoms with Crippen molar-refractivity contribution in [3.63, 3.8) is 0 Å². The molecule has 1 saturated heterocycles. The summed E-state index contributed by atoms with van der Waals surface area (Å²) in [6, 6.07) is 3.78. The Kier molecular flexibility index (Phi) is 7.58. The number of nitrogens with zero attached hydrogens (tertiary/aromatic N) is 3. The maximum atomic E-state index is 14.1. The quantitative estimate of drug-likeness (QED) is 0.540. The van der Waals surface area contributed by atoms with E-state index in [9.17, 15) is 50.7 Å². The number of ether oxygens (including phenoxy) is 2. The Morgan fingerprint density at radius 2 is 1.67 bits per heavy atom. The van der Waals surface area contributed by atoms with Gasteiger partial charge in [-0.25, -0.2) is 9.18 Å². The molecule has 0 radical (unpaired) electrons. The molecule has 0 spiro atoms. The molecule has 1 aromatic rings. The fourth-order valence-electron chi connectivity index (χ4n) is 3.63. The van der Waals surface area contributed by atoms with E-state index in [1.807, 2.05) is 0 Å². The van der Waals surface area contributed by atoms with Gasteiger partial charge in [0.1, 0.15) is 29.7 Å². The van der Waals surface area contributed by atoms with Crippen molar-refractivity contribution in [2.75, 3.05) is 32.8 Å². The first-order chi connectivity index (χ1) is 16.7. The zero-order chi connectivity index (χ0) is 26.9. The second kappa shape index (κ2) is 10.00. The second-order valence-electron chi connectivity index (χ2n) is 8.54. The summed E-state index contributed by atoms with van der Waals surface area (Å²) in [5.74, 6) is -1.85. The average molecular weight is 527 g/mol. The molecule has 1 saturated carbocycles. The first kappa shape index (κ1) is 27.3. The summed E-state index contributed by atoms with van der Waals surface area (Å²) in [5.41, 5.74) is -1.06. The number of piperazine rings is 1. The number of carbonyl (C=O) groups excluding carboxylic acids is 1. The summed E-state index contributed by atoms with van der Waals surface area (Å²) in [5, 5.41) is 18.7. The minimum Gasteiger partial charge on any atom is -0.491 e. The highest BCUT2D eigenvalue weighted by Crippen LogP contribution is 2.46. The number of hydrogen-bond acceptors (Lipinski definition) is 6. The zero-order valence-corrected chi connectivity index (χ0v) is 18.5. The summed E-state index contributed by atoms with van der Waals surface area (Å²) < 4.78 is 99.2. The van der Waals surface area contributed by atoms with E-state index in [1.54, 1.807) is 11.0 Å². The molecule has 0 unspecified atom stereocenters. The van der Waals surface area contributed by atoms with Crippen LogP contribution in [0.1, 0.15) is 24.0 Å². The Bertz CT molecular complexity index is 1030. The molecule has 2 aliphatic rings. The van der Waals surface area contributed by atoms with E-state index in [0.29, 0.717) is 17.7 Å². The maximum absolute atomic E-state index is 14.1. The molecule has 1 N–H and O–H groups in total. The minimum absolute atomic E-state index is 0.0191. The van der Waals surface area contributed by atoms with Crippen molar-refractivity contribution in [1.82, 2.24) is 9.80 Å². The van der Waals surface area contributed by atoms with Crippen LogP contribution in [0.15, 0.2) is 12.1 Å². The Balaban J connectivity index is 1.65. The number of nitriles is 1. The number of aliphatic carboxylic acids is 1. The molecule has 0 atom stereocenters. The van der Waals surface area contributed by atoms with Crippen LogP contribution in [-0.4, -0.2) is 78.2 Å². The number of carboxylic acid groups (broad SMARTS) is 1. The second-order valence-corrected chi connectivity index (χ2v) is 8.54. The molecule has 1 aromatic carbocycles. The minimum atomic E-state index is -5.83. The smallest absolute Gasteiger partial charge is 0.434 e. The SMILES string of the molecule is N#Cc1cc(F)cc(CN2CCN(C(=O)OC(C(F)(F)F)C(F)(F)F)CC2)c1OCC1(C(=O)O)CC1. The van der Waals surface area contributed by atoms with Gasteiger partial charge in [-0.2, -0.15) is 31.6 Å². The third-order valence-electron chi connectivity index (χ3n) is 5.89. The monoisotopic (exact) mass is 527 g/mol. The Morgan fingerprint density at radius 1 is 1.08 bits per heavy atom. The highest BCUT2D eigenvalue weighted by Gasteiger charge is 2.60. The molecular weight excluding hydrogens is 507 g/mol. The molecule has 198 valence electrons. The number of carboxylic acids is 1.